The standard InChI is InChI=1S/C19H18ClN2OS/c20-15-4-1-3-14(12-15)11-13-7-9-22(10-8-13)19-21-16-5-2-6-17(23)18(16)24-19/h1-6,12-13H,7-11H2. The third kappa shape index (κ3) is 3.21. The molecule has 24 heavy (non-hydrogen) atoms. The highest BCUT2D eigenvalue weighted by Crippen LogP contribution is 2.36. The van der Waals surface area contributed by atoms with Gasteiger partial charge in [0.25, 0.3) is 0 Å². The third-order valence-corrected chi connectivity index (χ3v) is 6.05. The summed E-state index contributed by atoms with van der Waals surface area (Å²) in [6.45, 7) is 2.00. The van der Waals surface area contributed by atoms with Gasteiger partial charge in [0.1, 0.15) is 4.70 Å². The van der Waals surface area contributed by atoms with Crippen LogP contribution >= 0.6 is 22.9 Å². The average Bonchev–Trinajstić information content (AvgIpc) is 3.01. The lowest BCUT2D eigenvalue weighted by Crippen LogP contribution is -2.34. The van der Waals surface area contributed by atoms with Crippen molar-refractivity contribution in [2.75, 3.05) is 18.0 Å². The van der Waals surface area contributed by atoms with Gasteiger partial charge < -0.3 is 4.90 Å². The number of piperidine rings is 1. The minimum atomic E-state index is 0.0760. The van der Waals surface area contributed by atoms with Crippen molar-refractivity contribution in [3.8, 4) is 5.75 Å². The van der Waals surface area contributed by atoms with Gasteiger partial charge >= 0.3 is 0 Å². The van der Waals surface area contributed by atoms with Gasteiger partial charge in [-0.1, -0.05) is 41.1 Å². The summed E-state index contributed by atoms with van der Waals surface area (Å²) in [5.41, 5.74) is 2.14. The SMILES string of the molecule is [O]c1cccc2nc(N3CCC(Cc4cccc(Cl)c4)CC3)sc12. The molecule has 123 valence electrons. The van der Waals surface area contributed by atoms with E-state index in [0.29, 0.717) is 5.92 Å². The van der Waals surface area contributed by atoms with Crippen LogP contribution in [0.3, 0.4) is 0 Å². The molecule has 2 aromatic carbocycles. The van der Waals surface area contributed by atoms with Crippen molar-refractivity contribution in [1.29, 1.82) is 0 Å². The maximum atomic E-state index is 11.9. The zero-order chi connectivity index (χ0) is 16.5. The summed E-state index contributed by atoms with van der Waals surface area (Å²) in [6, 6.07) is 13.5. The maximum absolute atomic E-state index is 11.9. The summed E-state index contributed by atoms with van der Waals surface area (Å²) in [7, 11) is 0. The Balaban J connectivity index is 1.42. The number of halogens is 1. The van der Waals surface area contributed by atoms with Gasteiger partial charge in [-0.2, -0.15) is 0 Å². The second kappa shape index (κ2) is 6.61. The van der Waals surface area contributed by atoms with Gasteiger partial charge in [0.05, 0.1) is 5.52 Å². The Bertz CT molecular complexity index is 855. The number of rotatable bonds is 3. The van der Waals surface area contributed by atoms with Gasteiger partial charge in [0, 0.05) is 18.1 Å². The normalized spacial score (nSPS) is 16.0. The smallest absolute Gasteiger partial charge is 0.198 e. The molecule has 1 radical (unpaired) electrons. The van der Waals surface area contributed by atoms with E-state index < -0.39 is 0 Å². The van der Waals surface area contributed by atoms with Gasteiger partial charge in [-0.3, -0.25) is 5.11 Å². The number of aromatic nitrogens is 1. The first-order chi connectivity index (χ1) is 11.7. The molecule has 1 saturated heterocycles. The van der Waals surface area contributed by atoms with Gasteiger partial charge in [-0.05, 0) is 55.0 Å². The van der Waals surface area contributed by atoms with Crippen molar-refractivity contribution in [3.63, 3.8) is 0 Å². The quantitative estimate of drug-likeness (QED) is 0.615. The lowest BCUT2D eigenvalue weighted by Gasteiger charge is -2.31. The van der Waals surface area contributed by atoms with E-state index in [1.807, 2.05) is 18.2 Å². The van der Waals surface area contributed by atoms with Crippen LogP contribution in [0.25, 0.3) is 10.2 Å². The van der Waals surface area contributed by atoms with Crippen molar-refractivity contribution in [2.24, 2.45) is 5.92 Å². The Hall–Kier alpha value is -1.78. The van der Waals surface area contributed by atoms with Gasteiger partial charge in [0.2, 0.25) is 0 Å². The topological polar surface area (TPSA) is 36.0 Å². The van der Waals surface area contributed by atoms with Crippen LogP contribution in [0.15, 0.2) is 42.5 Å². The van der Waals surface area contributed by atoms with Crippen molar-refractivity contribution >= 4 is 38.3 Å². The molecule has 0 spiro atoms. The van der Waals surface area contributed by atoms with E-state index >= 15 is 0 Å². The van der Waals surface area contributed by atoms with Crippen LogP contribution in [0.2, 0.25) is 5.02 Å². The van der Waals surface area contributed by atoms with E-state index in [-0.39, 0.29) is 5.75 Å². The lowest BCUT2D eigenvalue weighted by atomic mass is 9.90. The minimum absolute atomic E-state index is 0.0760. The molecule has 1 aliphatic rings. The maximum Gasteiger partial charge on any atom is 0.198 e. The number of thiazole rings is 1. The summed E-state index contributed by atoms with van der Waals surface area (Å²) in [4.78, 5) is 6.96. The summed E-state index contributed by atoms with van der Waals surface area (Å²) < 4.78 is 0.772. The largest absolute Gasteiger partial charge is 0.348 e. The summed E-state index contributed by atoms with van der Waals surface area (Å²) in [6.07, 6.45) is 3.37. The Kier molecular flexibility index (Phi) is 4.33. The van der Waals surface area contributed by atoms with Crippen LogP contribution in [-0.4, -0.2) is 18.1 Å². The predicted octanol–water partition coefficient (Wildman–Crippen LogP) is 5.55. The van der Waals surface area contributed by atoms with E-state index in [1.54, 1.807) is 12.1 Å². The molecule has 4 rings (SSSR count). The third-order valence-electron chi connectivity index (χ3n) is 4.67. The molecular weight excluding hydrogens is 340 g/mol. The first-order valence-corrected chi connectivity index (χ1v) is 9.44. The molecule has 0 aliphatic carbocycles. The Morgan fingerprint density at radius 2 is 1.96 bits per heavy atom. The lowest BCUT2D eigenvalue weighted by molar-refractivity contribution is 0.361. The molecule has 0 bridgehead atoms. The fourth-order valence-corrected chi connectivity index (χ4v) is 4.61. The van der Waals surface area contributed by atoms with Crippen molar-refractivity contribution < 1.29 is 5.11 Å². The molecule has 0 saturated carbocycles. The molecule has 0 amide bonds. The van der Waals surface area contributed by atoms with E-state index in [9.17, 15) is 5.11 Å². The first kappa shape index (κ1) is 15.7. The van der Waals surface area contributed by atoms with Crippen LogP contribution in [0.1, 0.15) is 18.4 Å². The number of anilines is 1. The van der Waals surface area contributed by atoms with Gasteiger partial charge in [-0.25, -0.2) is 4.98 Å². The summed E-state index contributed by atoms with van der Waals surface area (Å²) >= 11 is 7.60. The van der Waals surface area contributed by atoms with Crippen LogP contribution in [0.5, 0.6) is 5.75 Å². The van der Waals surface area contributed by atoms with Crippen LogP contribution in [-0.2, 0) is 11.5 Å². The minimum Gasteiger partial charge on any atom is -0.348 e. The van der Waals surface area contributed by atoms with Crippen molar-refractivity contribution in [2.45, 2.75) is 19.3 Å². The molecule has 3 nitrogen and oxygen atoms in total. The number of fused-ring (bicyclic) bond motifs is 1. The van der Waals surface area contributed by atoms with E-state index in [1.165, 1.54) is 16.9 Å². The predicted molar refractivity (Wildman–Crippen MR) is 99.8 cm³/mol. The molecule has 2 heterocycles. The molecule has 3 aromatic rings. The van der Waals surface area contributed by atoms with Crippen LogP contribution in [0, 0.1) is 5.92 Å². The first-order valence-electron chi connectivity index (χ1n) is 8.25. The second-order valence-corrected chi connectivity index (χ2v) is 7.78. The Morgan fingerprint density at radius 3 is 2.71 bits per heavy atom. The monoisotopic (exact) mass is 357 g/mol. The number of nitrogens with zero attached hydrogens (tertiary/aromatic N) is 2. The van der Waals surface area contributed by atoms with E-state index in [0.717, 1.165) is 52.7 Å². The second-order valence-electron chi connectivity index (χ2n) is 6.37. The molecule has 1 fully saturated rings. The average molecular weight is 358 g/mol. The molecule has 0 N–H and O–H groups in total. The number of hydrogen-bond acceptors (Lipinski definition) is 3. The Labute approximate surface area is 150 Å². The van der Waals surface area contributed by atoms with Crippen LogP contribution in [0.4, 0.5) is 5.13 Å². The number of hydrogen-bond donors (Lipinski definition) is 0. The zero-order valence-corrected chi connectivity index (χ0v) is 14.8. The summed E-state index contributed by atoms with van der Waals surface area (Å²) in [5.74, 6) is 0.760. The van der Waals surface area contributed by atoms with E-state index in [2.05, 4.69) is 22.0 Å². The fraction of sp³-hybridized carbons (Fsp3) is 0.316. The molecule has 1 aliphatic heterocycles. The number of benzene rings is 2. The van der Waals surface area contributed by atoms with E-state index in [4.69, 9.17) is 11.6 Å². The van der Waals surface area contributed by atoms with Gasteiger partial charge in [0.15, 0.2) is 10.9 Å². The van der Waals surface area contributed by atoms with Crippen LogP contribution < -0.4 is 4.90 Å². The molecule has 0 atom stereocenters. The highest BCUT2D eigenvalue weighted by molar-refractivity contribution is 7.22. The molecule has 1 aromatic heterocycles. The van der Waals surface area contributed by atoms with Crippen molar-refractivity contribution in [3.05, 3.63) is 53.1 Å². The molecular formula is C19H18ClN2OS. The Morgan fingerprint density at radius 1 is 1.17 bits per heavy atom. The molecule has 5 heteroatoms. The highest BCUT2D eigenvalue weighted by Gasteiger charge is 2.22. The van der Waals surface area contributed by atoms with Crippen molar-refractivity contribution in [1.82, 2.24) is 4.98 Å². The zero-order valence-electron chi connectivity index (χ0n) is 13.2. The summed E-state index contributed by atoms with van der Waals surface area (Å²) in [5, 5.41) is 13.7. The fourth-order valence-electron chi connectivity index (χ4n) is 3.37. The highest BCUT2D eigenvalue weighted by atomic mass is 35.5. The van der Waals surface area contributed by atoms with Gasteiger partial charge in [-0.15, -0.1) is 0 Å². The molecule has 0 unspecified atom stereocenters.